The van der Waals surface area contributed by atoms with E-state index in [2.05, 4.69) is 10.4 Å². The second kappa shape index (κ2) is 11.3. The molecule has 0 spiro atoms. The second-order valence-corrected chi connectivity index (χ2v) is 7.40. The summed E-state index contributed by atoms with van der Waals surface area (Å²) in [5.41, 5.74) is 2.69. The Morgan fingerprint density at radius 3 is 2.62 bits per heavy atom. The van der Waals surface area contributed by atoms with Crippen molar-refractivity contribution in [2.24, 2.45) is 5.10 Å². The Morgan fingerprint density at radius 2 is 1.94 bits per heavy atom. The first-order valence-corrected chi connectivity index (χ1v) is 10.7. The fourth-order valence-corrected chi connectivity index (χ4v) is 3.60. The van der Waals surface area contributed by atoms with E-state index in [1.54, 1.807) is 14.2 Å². The summed E-state index contributed by atoms with van der Waals surface area (Å²) in [5.74, 6) is 0.479. The molecule has 1 aliphatic rings. The lowest BCUT2D eigenvalue weighted by Gasteiger charge is -2.27. The molecule has 1 heterocycles. The summed E-state index contributed by atoms with van der Waals surface area (Å²) in [6.45, 7) is 2.87. The van der Waals surface area contributed by atoms with Crippen molar-refractivity contribution in [2.45, 2.75) is 19.4 Å². The van der Waals surface area contributed by atoms with Crippen LogP contribution in [0.2, 0.25) is 0 Å². The highest BCUT2D eigenvalue weighted by molar-refractivity contribution is 6.03. The van der Waals surface area contributed by atoms with Crippen molar-refractivity contribution < 1.29 is 19.1 Å². The number of nitrogens with zero attached hydrogens (tertiary/aromatic N) is 3. The van der Waals surface area contributed by atoms with Crippen molar-refractivity contribution in [2.75, 3.05) is 40.5 Å². The normalized spacial score (nSPS) is 15.3. The molecule has 0 bridgehead atoms. The smallest absolute Gasteiger partial charge is 0.317 e. The summed E-state index contributed by atoms with van der Waals surface area (Å²) >= 11 is 0. The van der Waals surface area contributed by atoms with Crippen LogP contribution in [0.3, 0.4) is 0 Å². The van der Waals surface area contributed by atoms with Gasteiger partial charge >= 0.3 is 6.03 Å². The van der Waals surface area contributed by atoms with Gasteiger partial charge in [0.15, 0.2) is 0 Å². The van der Waals surface area contributed by atoms with Crippen LogP contribution in [-0.4, -0.2) is 68.0 Å². The van der Waals surface area contributed by atoms with Gasteiger partial charge in [0.2, 0.25) is 0 Å². The van der Waals surface area contributed by atoms with Crippen LogP contribution in [-0.2, 0) is 9.53 Å². The highest BCUT2D eigenvalue weighted by atomic mass is 16.5. The van der Waals surface area contributed by atoms with Crippen molar-refractivity contribution in [3.05, 3.63) is 65.7 Å². The average Bonchev–Trinajstić information content (AvgIpc) is 3.28. The average molecular weight is 439 g/mol. The van der Waals surface area contributed by atoms with Gasteiger partial charge in [-0.2, -0.15) is 5.10 Å². The summed E-state index contributed by atoms with van der Waals surface area (Å²) in [5, 5.41) is 8.94. The standard InChI is InChI=1S/C24H30N4O4/c1-4-25-24(30)27(13-14-31-2)17-23(29)28-22(18-9-6-5-7-10-18)16-21(26-28)19-11-8-12-20(15-19)32-3/h5-12,15,22H,4,13-14,16-17H2,1-3H3,(H,25,30)/t22-/m0/s1. The maximum absolute atomic E-state index is 13.3. The van der Waals surface area contributed by atoms with E-state index in [0.29, 0.717) is 26.1 Å². The van der Waals surface area contributed by atoms with Crippen LogP contribution in [0, 0.1) is 0 Å². The molecular formula is C24H30N4O4. The number of rotatable bonds is 9. The number of methoxy groups -OCH3 is 2. The van der Waals surface area contributed by atoms with E-state index in [1.807, 2.05) is 61.5 Å². The van der Waals surface area contributed by atoms with Gasteiger partial charge in [-0.25, -0.2) is 9.80 Å². The summed E-state index contributed by atoms with van der Waals surface area (Å²) in [4.78, 5) is 27.2. The third-order valence-corrected chi connectivity index (χ3v) is 5.26. The summed E-state index contributed by atoms with van der Waals surface area (Å²) in [6, 6.07) is 16.9. The number of hydrazone groups is 1. The molecule has 0 radical (unpaired) electrons. The summed E-state index contributed by atoms with van der Waals surface area (Å²) < 4.78 is 10.5. The zero-order valence-electron chi connectivity index (χ0n) is 18.8. The lowest BCUT2D eigenvalue weighted by Crippen LogP contribution is -2.47. The van der Waals surface area contributed by atoms with Gasteiger partial charge in [-0.1, -0.05) is 42.5 Å². The van der Waals surface area contributed by atoms with Crippen molar-refractivity contribution in [1.82, 2.24) is 15.2 Å². The zero-order valence-corrected chi connectivity index (χ0v) is 18.8. The van der Waals surface area contributed by atoms with Crippen LogP contribution < -0.4 is 10.1 Å². The first-order valence-electron chi connectivity index (χ1n) is 10.7. The van der Waals surface area contributed by atoms with Crippen LogP contribution in [0.15, 0.2) is 59.7 Å². The Labute approximate surface area is 188 Å². The monoisotopic (exact) mass is 438 g/mol. The van der Waals surface area contributed by atoms with E-state index in [0.717, 1.165) is 22.6 Å². The largest absolute Gasteiger partial charge is 0.497 e. The minimum atomic E-state index is -0.301. The number of carbonyl (C=O) groups excluding carboxylic acids is 2. The molecule has 0 aliphatic carbocycles. The number of benzene rings is 2. The highest BCUT2D eigenvalue weighted by Crippen LogP contribution is 2.33. The summed E-state index contributed by atoms with van der Waals surface area (Å²) in [6.07, 6.45) is 0.572. The maximum Gasteiger partial charge on any atom is 0.317 e. The van der Waals surface area contributed by atoms with E-state index in [9.17, 15) is 9.59 Å². The van der Waals surface area contributed by atoms with Gasteiger partial charge in [-0.3, -0.25) is 4.79 Å². The number of urea groups is 1. The first-order chi connectivity index (χ1) is 15.6. The predicted octanol–water partition coefficient (Wildman–Crippen LogP) is 3.05. The molecule has 0 saturated heterocycles. The van der Waals surface area contributed by atoms with E-state index in [-0.39, 0.29) is 24.5 Å². The van der Waals surface area contributed by atoms with Gasteiger partial charge in [0, 0.05) is 32.2 Å². The highest BCUT2D eigenvalue weighted by Gasteiger charge is 2.34. The lowest BCUT2D eigenvalue weighted by molar-refractivity contribution is -0.133. The molecule has 2 aromatic rings. The quantitative estimate of drug-likeness (QED) is 0.652. The van der Waals surface area contributed by atoms with Crippen molar-refractivity contribution in [3.63, 3.8) is 0 Å². The number of ether oxygens (including phenoxy) is 2. The predicted molar refractivity (Wildman–Crippen MR) is 123 cm³/mol. The number of nitrogens with one attached hydrogen (secondary N) is 1. The van der Waals surface area contributed by atoms with Crippen LogP contribution >= 0.6 is 0 Å². The Kier molecular flexibility index (Phi) is 8.21. The van der Waals surface area contributed by atoms with Gasteiger partial charge in [-0.15, -0.1) is 0 Å². The van der Waals surface area contributed by atoms with Crippen molar-refractivity contribution >= 4 is 17.6 Å². The van der Waals surface area contributed by atoms with Crippen LogP contribution in [0.4, 0.5) is 4.79 Å². The molecule has 0 saturated carbocycles. The maximum atomic E-state index is 13.3. The molecule has 0 fully saturated rings. The second-order valence-electron chi connectivity index (χ2n) is 7.40. The zero-order chi connectivity index (χ0) is 22.9. The molecule has 0 aromatic heterocycles. The van der Waals surface area contributed by atoms with Gasteiger partial charge in [0.1, 0.15) is 12.3 Å². The Balaban J connectivity index is 1.88. The Morgan fingerprint density at radius 1 is 1.16 bits per heavy atom. The Hall–Kier alpha value is -3.39. The Bertz CT molecular complexity index is 948. The van der Waals surface area contributed by atoms with Gasteiger partial charge < -0.3 is 19.7 Å². The fourth-order valence-electron chi connectivity index (χ4n) is 3.60. The first kappa shape index (κ1) is 23.3. The molecule has 0 unspecified atom stereocenters. The number of carbonyl (C=O) groups is 2. The third kappa shape index (κ3) is 5.64. The topological polar surface area (TPSA) is 83.5 Å². The molecular weight excluding hydrogens is 408 g/mol. The molecule has 3 rings (SSSR count). The third-order valence-electron chi connectivity index (χ3n) is 5.26. The van der Waals surface area contributed by atoms with Crippen molar-refractivity contribution in [3.8, 4) is 5.75 Å². The molecule has 8 nitrogen and oxygen atoms in total. The van der Waals surface area contributed by atoms with E-state index in [4.69, 9.17) is 9.47 Å². The molecule has 1 atom stereocenters. The van der Waals surface area contributed by atoms with E-state index < -0.39 is 0 Å². The van der Waals surface area contributed by atoms with E-state index >= 15 is 0 Å². The summed E-state index contributed by atoms with van der Waals surface area (Å²) in [7, 11) is 3.18. The van der Waals surface area contributed by atoms with Gasteiger partial charge in [0.05, 0.1) is 25.5 Å². The molecule has 2 aromatic carbocycles. The molecule has 170 valence electrons. The van der Waals surface area contributed by atoms with Crippen LogP contribution in [0.5, 0.6) is 5.75 Å². The molecule has 8 heteroatoms. The fraction of sp³-hybridized carbons (Fsp3) is 0.375. The van der Waals surface area contributed by atoms with Gasteiger partial charge in [-0.05, 0) is 24.6 Å². The van der Waals surface area contributed by atoms with E-state index in [1.165, 1.54) is 9.91 Å². The number of hydrogen-bond donors (Lipinski definition) is 1. The molecule has 3 amide bonds. The van der Waals surface area contributed by atoms with Crippen molar-refractivity contribution in [1.29, 1.82) is 0 Å². The number of amides is 3. The SMILES string of the molecule is CCNC(=O)N(CCOC)CC(=O)N1N=C(c2cccc(OC)c2)C[C@H]1c1ccccc1. The minimum Gasteiger partial charge on any atom is -0.497 e. The minimum absolute atomic E-state index is 0.0899. The van der Waals surface area contributed by atoms with Crippen LogP contribution in [0.1, 0.15) is 30.5 Å². The molecule has 32 heavy (non-hydrogen) atoms. The lowest BCUT2D eigenvalue weighted by atomic mass is 9.98. The van der Waals surface area contributed by atoms with Gasteiger partial charge in [0.25, 0.3) is 5.91 Å². The van der Waals surface area contributed by atoms with Crippen LogP contribution in [0.25, 0.3) is 0 Å². The number of hydrogen-bond acceptors (Lipinski definition) is 5. The molecule has 1 N–H and O–H groups in total. The molecule has 1 aliphatic heterocycles.